The number of para-hydroxylation sites is 1. The number of hydrogen-bond acceptors (Lipinski definition) is 5. The minimum absolute atomic E-state index is 0.112. The molecule has 7 atom stereocenters. The van der Waals surface area contributed by atoms with E-state index in [0.717, 1.165) is 111 Å². The van der Waals surface area contributed by atoms with Crippen molar-refractivity contribution in [3.05, 3.63) is 282 Å². The van der Waals surface area contributed by atoms with Gasteiger partial charge < -0.3 is 8.83 Å². The largest absolute Gasteiger partial charge is 0.456 e. The first-order valence-electron chi connectivity index (χ1n) is 31.3. The maximum absolute atomic E-state index is 7.46. The van der Waals surface area contributed by atoms with Crippen LogP contribution in [0.2, 0.25) is 0 Å². The zero-order chi connectivity index (χ0) is 56.7. The Balaban J connectivity index is 0.780. The molecule has 7 unspecified atom stereocenters. The first-order chi connectivity index (χ1) is 43.0. The summed E-state index contributed by atoms with van der Waals surface area (Å²) in [5.41, 5.74) is 25.4. The normalized spacial score (nSPS) is 23.3. The second kappa shape index (κ2) is 17.6. The van der Waals surface area contributed by atoms with Gasteiger partial charge in [-0.05, 0) is 171 Å². The number of benzene rings is 11. The summed E-state index contributed by atoms with van der Waals surface area (Å²) in [6, 6.07) is 93.0. The van der Waals surface area contributed by atoms with Crippen molar-refractivity contribution < 1.29 is 8.83 Å². The van der Waals surface area contributed by atoms with E-state index in [0.29, 0.717) is 41.1 Å². The standard InChI is InChI=1S/C82H57N3O2/c1-2-16-48(17-3-1)51-18-14-19-52(40-51)77-83-76(84-78(85-77)53-36-39-71-66(41-53)65-26-10-13-30-70(65)86-71)50-34-32-49(33-35-50)60-37-38-69-74-73-59(27-15-31-72(73)87-75(60)74)56-46-81-43-54(57-20-4-6-22-61(57)64-25-9-12-29-68(64)81)42-80-44-55(45-82(69,47-56)79(80)81)58-21-5-7-23-62(58)63-24-8-11-28-67(63)80/h1-41,54-56,79H,42-47H2. The number of nitrogens with zero attached hydrogens (tertiary/aromatic N) is 3. The van der Waals surface area contributed by atoms with Gasteiger partial charge in [0.2, 0.25) is 0 Å². The summed E-state index contributed by atoms with van der Waals surface area (Å²) in [5.74, 6) is 3.26. The van der Waals surface area contributed by atoms with Crippen LogP contribution in [0.15, 0.2) is 258 Å². The van der Waals surface area contributed by atoms with Gasteiger partial charge in [0, 0.05) is 60.0 Å². The average molecular weight is 1120 g/mol. The van der Waals surface area contributed by atoms with Crippen LogP contribution in [0.4, 0.5) is 0 Å². The molecule has 3 heterocycles. The molecule has 6 aliphatic rings. The van der Waals surface area contributed by atoms with E-state index in [1.54, 1.807) is 16.7 Å². The highest BCUT2D eigenvalue weighted by molar-refractivity contribution is 6.14. The quantitative estimate of drug-likeness (QED) is 0.172. The van der Waals surface area contributed by atoms with Crippen LogP contribution in [0.25, 0.3) is 123 Å². The Hall–Kier alpha value is -9.97. The van der Waals surface area contributed by atoms with Gasteiger partial charge >= 0.3 is 0 Å². The fourth-order valence-electron chi connectivity index (χ4n) is 19.5. The van der Waals surface area contributed by atoms with Crippen LogP contribution in [-0.4, -0.2) is 15.0 Å². The van der Waals surface area contributed by atoms with Crippen molar-refractivity contribution in [3.8, 4) is 78.7 Å². The van der Waals surface area contributed by atoms with Gasteiger partial charge in [-0.25, -0.2) is 15.0 Å². The van der Waals surface area contributed by atoms with Gasteiger partial charge in [-0.2, -0.15) is 0 Å². The summed E-state index contributed by atoms with van der Waals surface area (Å²) in [7, 11) is 0. The summed E-state index contributed by atoms with van der Waals surface area (Å²) in [6.07, 6.45) is 6.79. The van der Waals surface area contributed by atoms with Gasteiger partial charge in [0.25, 0.3) is 0 Å². The number of rotatable bonds is 5. The maximum Gasteiger partial charge on any atom is 0.164 e. The van der Waals surface area contributed by atoms with Crippen LogP contribution < -0.4 is 0 Å². The molecule has 412 valence electrons. The van der Waals surface area contributed by atoms with Crippen molar-refractivity contribution >= 4 is 43.9 Å². The van der Waals surface area contributed by atoms with Crippen LogP contribution in [0.5, 0.6) is 0 Å². The molecule has 3 saturated carbocycles. The smallest absolute Gasteiger partial charge is 0.164 e. The lowest BCUT2D eigenvalue weighted by Gasteiger charge is -2.70. The molecule has 0 aliphatic heterocycles. The number of furan rings is 2. The molecule has 3 fully saturated rings. The maximum atomic E-state index is 7.46. The molecule has 5 heteroatoms. The number of hydrogen-bond donors (Lipinski definition) is 0. The van der Waals surface area contributed by atoms with Crippen LogP contribution in [-0.2, 0) is 16.2 Å². The minimum Gasteiger partial charge on any atom is -0.456 e. The van der Waals surface area contributed by atoms with Gasteiger partial charge in [0.1, 0.15) is 22.3 Å². The van der Waals surface area contributed by atoms with E-state index < -0.39 is 0 Å². The zero-order valence-electron chi connectivity index (χ0n) is 47.9. The van der Waals surface area contributed by atoms with Crippen molar-refractivity contribution in [2.45, 2.75) is 72.5 Å². The molecule has 3 spiro atoms. The molecule has 87 heavy (non-hydrogen) atoms. The Morgan fingerprint density at radius 3 is 1.46 bits per heavy atom. The summed E-state index contributed by atoms with van der Waals surface area (Å²) in [6.45, 7) is 0. The first-order valence-corrected chi connectivity index (χ1v) is 31.3. The van der Waals surface area contributed by atoms with E-state index in [1.165, 1.54) is 49.7 Å². The minimum atomic E-state index is -0.189. The Morgan fingerprint density at radius 2 is 0.770 bits per heavy atom. The monoisotopic (exact) mass is 1120 g/mol. The summed E-state index contributed by atoms with van der Waals surface area (Å²) in [5, 5.41) is 4.75. The summed E-state index contributed by atoms with van der Waals surface area (Å²) in [4.78, 5) is 15.9. The molecular weight excluding hydrogens is 1060 g/mol. The third-order valence-electron chi connectivity index (χ3n) is 22.2. The molecule has 6 aliphatic carbocycles. The zero-order valence-corrected chi connectivity index (χ0v) is 47.9. The van der Waals surface area contributed by atoms with E-state index in [4.69, 9.17) is 23.8 Å². The topological polar surface area (TPSA) is 65.0 Å². The van der Waals surface area contributed by atoms with E-state index in [1.807, 2.05) is 18.2 Å². The van der Waals surface area contributed by atoms with E-state index in [2.05, 4.69) is 231 Å². The van der Waals surface area contributed by atoms with Gasteiger partial charge in [0.05, 0.1) is 0 Å². The van der Waals surface area contributed by atoms with Crippen molar-refractivity contribution in [1.82, 2.24) is 15.0 Å². The van der Waals surface area contributed by atoms with Crippen molar-refractivity contribution in [1.29, 1.82) is 0 Å². The Morgan fingerprint density at radius 1 is 0.287 bits per heavy atom. The third-order valence-corrected chi connectivity index (χ3v) is 22.2. The highest BCUT2D eigenvalue weighted by atomic mass is 16.3. The molecule has 0 radical (unpaired) electrons. The Kier molecular flexibility index (Phi) is 9.76. The Bertz CT molecular complexity index is 5250. The van der Waals surface area contributed by atoms with E-state index >= 15 is 0 Å². The molecule has 0 saturated heterocycles. The lowest BCUT2D eigenvalue weighted by Crippen LogP contribution is -2.67. The van der Waals surface area contributed by atoms with E-state index in [-0.39, 0.29) is 16.2 Å². The predicted molar refractivity (Wildman–Crippen MR) is 350 cm³/mol. The number of fused-ring (bicyclic) bond motifs is 15. The van der Waals surface area contributed by atoms with Crippen LogP contribution >= 0.6 is 0 Å². The molecule has 6 bridgehead atoms. The SMILES string of the molecule is c1ccc(-c2cccc(-c3nc(-c4ccc(-c5ccc6c7c5oc5cccc(c57)C5CC78CC(CC9%10CC(CC6(C5)C97)c5ccccc5-c5ccccc5%10)c5ccccc5-c5ccccc58)cc4)nc(-c4ccc5oc6ccccc6c5c4)n3)c2)cc1. The molecule has 0 N–H and O–H groups in total. The Labute approximate surface area is 504 Å². The highest BCUT2D eigenvalue weighted by Crippen LogP contribution is 2.79. The van der Waals surface area contributed by atoms with Gasteiger partial charge in [-0.3, -0.25) is 0 Å². The third kappa shape index (κ3) is 6.61. The van der Waals surface area contributed by atoms with Crippen LogP contribution in [0.1, 0.15) is 89.7 Å². The molecule has 5 nitrogen and oxygen atoms in total. The van der Waals surface area contributed by atoms with Crippen molar-refractivity contribution in [2.75, 3.05) is 0 Å². The van der Waals surface area contributed by atoms with Gasteiger partial charge in [-0.1, -0.05) is 212 Å². The molecule has 20 rings (SSSR count). The van der Waals surface area contributed by atoms with Crippen LogP contribution in [0, 0.1) is 5.92 Å². The first kappa shape index (κ1) is 48.3. The second-order valence-electron chi connectivity index (χ2n) is 26.3. The number of aromatic nitrogens is 3. The predicted octanol–water partition coefficient (Wildman–Crippen LogP) is 20.7. The lowest BCUT2D eigenvalue weighted by molar-refractivity contribution is -0.0786. The van der Waals surface area contributed by atoms with Crippen molar-refractivity contribution in [2.24, 2.45) is 5.92 Å². The molecule has 11 aromatic carbocycles. The average Bonchev–Trinajstić information content (AvgIpc) is 1.62. The van der Waals surface area contributed by atoms with Gasteiger partial charge in [0.15, 0.2) is 17.5 Å². The fraction of sp³-hybridized carbons (Fsp3) is 0.159. The highest BCUT2D eigenvalue weighted by Gasteiger charge is 2.72. The molecule has 3 aromatic heterocycles. The molecule has 14 aromatic rings. The molecule has 0 amide bonds. The second-order valence-corrected chi connectivity index (χ2v) is 26.3. The van der Waals surface area contributed by atoms with Crippen LogP contribution in [0.3, 0.4) is 0 Å². The van der Waals surface area contributed by atoms with Gasteiger partial charge in [-0.15, -0.1) is 0 Å². The molecular formula is C82H57N3O2. The van der Waals surface area contributed by atoms with E-state index in [9.17, 15) is 0 Å². The lowest BCUT2D eigenvalue weighted by atomic mass is 9.32. The fourth-order valence-corrected chi connectivity index (χ4v) is 19.5. The summed E-state index contributed by atoms with van der Waals surface area (Å²) < 4.78 is 13.7. The summed E-state index contributed by atoms with van der Waals surface area (Å²) >= 11 is 0. The van der Waals surface area contributed by atoms with Crippen molar-refractivity contribution in [3.63, 3.8) is 0 Å².